The fourth-order valence-corrected chi connectivity index (χ4v) is 1.78. The molecule has 1 unspecified atom stereocenters. The Hall–Kier alpha value is -0.610. The second kappa shape index (κ2) is 5.64. The normalized spacial score (nSPS) is 13.1. The van der Waals surface area contributed by atoms with Gasteiger partial charge in [0.2, 0.25) is 0 Å². The van der Waals surface area contributed by atoms with E-state index < -0.39 is 5.82 Å². The van der Waals surface area contributed by atoms with Crippen molar-refractivity contribution in [1.82, 2.24) is 5.32 Å². The van der Waals surface area contributed by atoms with E-state index in [0.29, 0.717) is 16.0 Å². The highest BCUT2D eigenvalue weighted by Crippen LogP contribution is 2.29. The lowest BCUT2D eigenvalue weighted by atomic mass is 10.1. The minimum Gasteiger partial charge on any atom is -0.508 e. The van der Waals surface area contributed by atoms with Crippen LogP contribution in [0, 0.1) is 11.7 Å². The Morgan fingerprint density at radius 3 is 2.56 bits per heavy atom. The van der Waals surface area contributed by atoms with Crippen LogP contribution < -0.4 is 5.32 Å². The summed E-state index contributed by atoms with van der Waals surface area (Å²) in [5.41, 5.74) is 0.703. The molecule has 0 aliphatic heterocycles. The summed E-state index contributed by atoms with van der Waals surface area (Å²) in [6.07, 6.45) is 0. The Morgan fingerprint density at radius 2 is 2.00 bits per heavy atom. The largest absolute Gasteiger partial charge is 0.508 e. The molecule has 2 N–H and O–H groups in total. The van der Waals surface area contributed by atoms with Crippen LogP contribution in [0.2, 0.25) is 0 Å². The van der Waals surface area contributed by atoms with Gasteiger partial charge in [-0.1, -0.05) is 13.8 Å². The minimum atomic E-state index is -0.447. The molecular formula is C12H17BrFNO. The molecule has 0 bridgehead atoms. The Bertz CT molecular complexity index is 368. The van der Waals surface area contributed by atoms with Gasteiger partial charge in [-0.3, -0.25) is 0 Å². The number of hydrogen-bond donors (Lipinski definition) is 2. The van der Waals surface area contributed by atoms with Gasteiger partial charge in [0, 0.05) is 17.7 Å². The van der Waals surface area contributed by atoms with Crippen molar-refractivity contribution in [1.29, 1.82) is 0 Å². The summed E-state index contributed by atoms with van der Waals surface area (Å²) in [6, 6.07) is 2.75. The van der Waals surface area contributed by atoms with Crippen LogP contribution in [0.15, 0.2) is 16.6 Å². The summed E-state index contributed by atoms with van der Waals surface area (Å²) < 4.78 is 13.5. The molecule has 1 rings (SSSR count). The van der Waals surface area contributed by atoms with Gasteiger partial charge in [-0.05, 0) is 41.4 Å². The summed E-state index contributed by atoms with van der Waals surface area (Å²) in [7, 11) is 0. The Kier molecular flexibility index (Phi) is 4.74. The molecule has 0 aliphatic rings. The fraction of sp³-hybridized carbons (Fsp3) is 0.500. The first-order chi connectivity index (χ1) is 7.41. The molecule has 1 atom stereocenters. The summed E-state index contributed by atoms with van der Waals surface area (Å²) in [5, 5.41) is 12.9. The number of benzene rings is 1. The molecule has 0 heterocycles. The maximum absolute atomic E-state index is 13.1. The summed E-state index contributed by atoms with van der Waals surface area (Å²) in [6.45, 7) is 7.03. The van der Waals surface area contributed by atoms with E-state index >= 15 is 0 Å². The lowest BCUT2D eigenvalue weighted by Crippen LogP contribution is -2.23. The highest BCUT2D eigenvalue weighted by atomic mass is 79.9. The zero-order valence-electron chi connectivity index (χ0n) is 9.72. The van der Waals surface area contributed by atoms with E-state index in [9.17, 15) is 9.50 Å². The van der Waals surface area contributed by atoms with Gasteiger partial charge in [0.1, 0.15) is 11.6 Å². The second-order valence-corrected chi connectivity index (χ2v) is 5.20. The zero-order chi connectivity index (χ0) is 12.3. The van der Waals surface area contributed by atoms with Crippen molar-refractivity contribution in [3.63, 3.8) is 0 Å². The predicted octanol–water partition coefficient (Wildman–Crippen LogP) is 3.60. The standard InChI is InChI=1S/C12H17BrFNO/c1-7(2)6-15-8(3)9-4-10(13)11(14)5-12(9)16/h4-5,7-8,15-16H,6H2,1-3H3. The molecule has 0 aliphatic carbocycles. The molecule has 4 heteroatoms. The zero-order valence-corrected chi connectivity index (χ0v) is 11.3. The smallest absolute Gasteiger partial charge is 0.141 e. The molecule has 0 saturated carbocycles. The number of aromatic hydroxyl groups is 1. The van der Waals surface area contributed by atoms with E-state index in [-0.39, 0.29) is 11.8 Å². The minimum absolute atomic E-state index is 0.000648. The van der Waals surface area contributed by atoms with Crippen LogP contribution in [0.3, 0.4) is 0 Å². The van der Waals surface area contributed by atoms with Gasteiger partial charge in [-0.15, -0.1) is 0 Å². The molecular weight excluding hydrogens is 273 g/mol. The maximum atomic E-state index is 13.1. The average molecular weight is 290 g/mol. The van der Waals surface area contributed by atoms with Crippen molar-refractivity contribution in [3.8, 4) is 5.75 Å². The van der Waals surface area contributed by atoms with Crippen LogP contribution in [0.5, 0.6) is 5.75 Å². The van der Waals surface area contributed by atoms with Crippen molar-refractivity contribution in [2.75, 3.05) is 6.54 Å². The van der Waals surface area contributed by atoms with Crippen molar-refractivity contribution in [2.45, 2.75) is 26.8 Å². The third-order valence-electron chi connectivity index (χ3n) is 2.37. The van der Waals surface area contributed by atoms with E-state index in [4.69, 9.17) is 0 Å². The fourth-order valence-electron chi connectivity index (χ4n) is 1.42. The van der Waals surface area contributed by atoms with Crippen molar-refractivity contribution >= 4 is 15.9 Å². The van der Waals surface area contributed by atoms with E-state index in [1.165, 1.54) is 0 Å². The van der Waals surface area contributed by atoms with Gasteiger partial charge in [0.05, 0.1) is 4.47 Å². The van der Waals surface area contributed by atoms with Gasteiger partial charge in [0.15, 0.2) is 0 Å². The predicted molar refractivity (Wildman–Crippen MR) is 67.0 cm³/mol. The number of nitrogens with one attached hydrogen (secondary N) is 1. The number of phenols is 1. The quantitative estimate of drug-likeness (QED) is 0.888. The van der Waals surface area contributed by atoms with Gasteiger partial charge >= 0.3 is 0 Å². The van der Waals surface area contributed by atoms with Gasteiger partial charge in [-0.25, -0.2) is 4.39 Å². The Balaban J connectivity index is 2.82. The Labute approximate surface area is 104 Å². The van der Waals surface area contributed by atoms with E-state index in [0.717, 1.165) is 12.6 Å². The Morgan fingerprint density at radius 1 is 1.38 bits per heavy atom. The maximum Gasteiger partial charge on any atom is 0.141 e. The van der Waals surface area contributed by atoms with Crippen molar-refractivity contribution in [3.05, 3.63) is 28.0 Å². The van der Waals surface area contributed by atoms with Crippen LogP contribution in [0.1, 0.15) is 32.4 Å². The number of rotatable bonds is 4. The summed E-state index contributed by atoms with van der Waals surface area (Å²) in [4.78, 5) is 0. The molecule has 0 fully saturated rings. The van der Waals surface area contributed by atoms with Gasteiger partial charge in [-0.2, -0.15) is 0 Å². The molecule has 0 saturated heterocycles. The van der Waals surface area contributed by atoms with Crippen LogP contribution in [0.25, 0.3) is 0 Å². The third-order valence-corrected chi connectivity index (χ3v) is 2.98. The molecule has 0 aromatic heterocycles. The highest BCUT2D eigenvalue weighted by Gasteiger charge is 2.13. The number of hydrogen-bond acceptors (Lipinski definition) is 2. The molecule has 2 nitrogen and oxygen atoms in total. The van der Waals surface area contributed by atoms with Gasteiger partial charge < -0.3 is 10.4 Å². The first-order valence-corrected chi connectivity index (χ1v) is 6.12. The molecule has 1 aromatic carbocycles. The number of phenolic OH excluding ortho intramolecular Hbond substituents is 1. The summed E-state index contributed by atoms with van der Waals surface area (Å²) in [5.74, 6) is 0.0789. The lowest BCUT2D eigenvalue weighted by Gasteiger charge is -2.17. The first-order valence-electron chi connectivity index (χ1n) is 5.33. The number of halogens is 2. The topological polar surface area (TPSA) is 32.3 Å². The van der Waals surface area contributed by atoms with Crippen LogP contribution in [-0.4, -0.2) is 11.7 Å². The average Bonchev–Trinajstić information content (AvgIpc) is 2.20. The van der Waals surface area contributed by atoms with Gasteiger partial charge in [0.25, 0.3) is 0 Å². The monoisotopic (exact) mass is 289 g/mol. The van der Waals surface area contributed by atoms with Crippen LogP contribution >= 0.6 is 15.9 Å². The van der Waals surface area contributed by atoms with E-state index in [1.54, 1.807) is 6.07 Å². The second-order valence-electron chi connectivity index (χ2n) is 4.35. The van der Waals surface area contributed by atoms with Crippen LogP contribution in [0.4, 0.5) is 4.39 Å². The third kappa shape index (κ3) is 3.46. The lowest BCUT2D eigenvalue weighted by molar-refractivity contribution is 0.437. The molecule has 0 spiro atoms. The molecule has 0 amide bonds. The first kappa shape index (κ1) is 13.5. The molecule has 0 radical (unpaired) electrons. The molecule has 1 aromatic rings. The highest BCUT2D eigenvalue weighted by molar-refractivity contribution is 9.10. The van der Waals surface area contributed by atoms with Crippen LogP contribution in [-0.2, 0) is 0 Å². The van der Waals surface area contributed by atoms with Crippen molar-refractivity contribution < 1.29 is 9.50 Å². The van der Waals surface area contributed by atoms with Crippen molar-refractivity contribution in [2.24, 2.45) is 5.92 Å². The molecule has 16 heavy (non-hydrogen) atoms. The van der Waals surface area contributed by atoms with E-state index in [1.807, 2.05) is 6.92 Å². The SMILES string of the molecule is CC(C)CNC(C)c1cc(Br)c(F)cc1O. The molecule has 90 valence electrons. The summed E-state index contributed by atoms with van der Waals surface area (Å²) >= 11 is 3.11. The van der Waals surface area contributed by atoms with E-state index in [2.05, 4.69) is 35.1 Å².